The predicted octanol–water partition coefficient (Wildman–Crippen LogP) is 5.03. The first-order valence-corrected chi connectivity index (χ1v) is 6.37. The summed E-state index contributed by atoms with van der Waals surface area (Å²) >= 11 is 0. The molecule has 15 heavy (non-hydrogen) atoms. The number of hydrogen-bond acceptors (Lipinski definition) is 0. The van der Waals surface area contributed by atoms with E-state index in [1.165, 1.54) is 6.42 Å². The molecule has 0 spiro atoms. The van der Waals surface area contributed by atoms with Gasteiger partial charge in [0.25, 0.3) is 0 Å². The number of fused-ring (bicyclic) bond motifs is 1. The lowest BCUT2D eigenvalue weighted by Gasteiger charge is -2.08. The van der Waals surface area contributed by atoms with Crippen LogP contribution < -0.4 is 0 Å². The van der Waals surface area contributed by atoms with E-state index in [2.05, 4.69) is 38.1 Å². The Balaban J connectivity index is 0.000000442. The minimum Gasteiger partial charge on any atom is -0.0683 e. The summed E-state index contributed by atoms with van der Waals surface area (Å²) in [7, 11) is 0. The molecule has 0 saturated carbocycles. The Morgan fingerprint density at radius 1 is 0.933 bits per heavy atom. The fraction of sp³-hybridized carbons (Fsp3) is 0.600. The minimum absolute atomic E-state index is 0.770. The molecule has 0 N–H and O–H groups in total. The standard InChI is InChI=1S/C11H14.2C2H6/c1-8-7-10-5-3-4-6-11(10)9(8)2;2*1-2/h3-6,8-9H,7H2,1-2H3;2*1-2H3. The van der Waals surface area contributed by atoms with Gasteiger partial charge in [-0.15, -0.1) is 0 Å². The van der Waals surface area contributed by atoms with Crippen molar-refractivity contribution in [3.63, 3.8) is 0 Å². The molecule has 0 bridgehead atoms. The maximum Gasteiger partial charge on any atom is -0.0159 e. The van der Waals surface area contributed by atoms with E-state index in [1.807, 2.05) is 27.7 Å². The normalized spacial score (nSPS) is 21.7. The summed E-state index contributed by atoms with van der Waals surface area (Å²) in [6.07, 6.45) is 1.28. The van der Waals surface area contributed by atoms with Crippen molar-refractivity contribution in [1.82, 2.24) is 0 Å². The lowest BCUT2D eigenvalue weighted by Crippen LogP contribution is -1.97. The summed E-state index contributed by atoms with van der Waals surface area (Å²) in [5, 5.41) is 0. The third-order valence-corrected chi connectivity index (χ3v) is 2.94. The smallest absolute Gasteiger partial charge is 0.0159 e. The van der Waals surface area contributed by atoms with E-state index < -0.39 is 0 Å². The molecule has 1 aliphatic carbocycles. The summed E-state index contributed by atoms with van der Waals surface area (Å²) in [5.41, 5.74) is 3.13. The van der Waals surface area contributed by atoms with Gasteiger partial charge in [-0.3, -0.25) is 0 Å². The lowest BCUT2D eigenvalue weighted by atomic mass is 9.97. The SMILES string of the molecule is CC.CC.CC1Cc2ccccc2C1C. The lowest BCUT2D eigenvalue weighted by molar-refractivity contribution is 0.532. The fourth-order valence-electron chi connectivity index (χ4n) is 1.99. The fourth-order valence-corrected chi connectivity index (χ4v) is 1.99. The molecule has 0 heterocycles. The van der Waals surface area contributed by atoms with E-state index in [0.717, 1.165) is 11.8 Å². The monoisotopic (exact) mass is 206 g/mol. The second-order valence-electron chi connectivity index (χ2n) is 3.67. The summed E-state index contributed by atoms with van der Waals surface area (Å²) < 4.78 is 0. The highest BCUT2D eigenvalue weighted by Gasteiger charge is 2.24. The quantitative estimate of drug-likeness (QED) is 0.558. The van der Waals surface area contributed by atoms with Gasteiger partial charge in [-0.05, 0) is 29.4 Å². The zero-order chi connectivity index (χ0) is 11.8. The summed E-state index contributed by atoms with van der Waals surface area (Å²) in [5.74, 6) is 1.61. The van der Waals surface area contributed by atoms with Crippen LogP contribution in [0.4, 0.5) is 0 Å². The second kappa shape index (κ2) is 7.50. The maximum absolute atomic E-state index is 2.34. The highest BCUT2D eigenvalue weighted by Crippen LogP contribution is 2.36. The van der Waals surface area contributed by atoms with Gasteiger partial charge in [0, 0.05) is 0 Å². The van der Waals surface area contributed by atoms with Gasteiger partial charge in [-0.1, -0.05) is 65.8 Å². The summed E-state index contributed by atoms with van der Waals surface area (Å²) in [6.45, 7) is 12.7. The topological polar surface area (TPSA) is 0 Å². The van der Waals surface area contributed by atoms with E-state index in [4.69, 9.17) is 0 Å². The van der Waals surface area contributed by atoms with Gasteiger partial charge in [0.1, 0.15) is 0 Å². The van der Waals surface area contributed by atoms with E-state index in [1.54, 1.807) is 11.1 Å². The van der Waals surface area contributed by atoms with Crippen molar-refractivity contribution in [1.29, 1.82) is 0 Å². The number of rotatable bonds is 0. The maximum atomic E-state index is 2.34. The van der Waals surface area contributed by atoms with Crippen LogP contribution in [0, 0.1) is 5.92 Å². The first-order valence-electron chi connectivity index (χ1n) is 6.37. The molecule has 0 heteroatoms. The van der Waals surface area contributed by atoms with Crippen molar-refractivity contribution in [2.75, 3.05) is 0 Å². The molecular formula is C15H26. The molecule has 2 rings (SSSR count). The van der Waals surface area contributed by atoms with Gasteiger partial charge < -0.3 is 0 Å². The van der Waals surface area contributed by atoms with Crippen LogP contribution in [0.25, 0.3) is 0 Å². The first kappa shape index (κ1) is 14.2. The second-order valence-corrected chi connectivity index (χ2v) is 3.67. The van der Waals surface area contributed by atoms with Gasteiger partial charge in [0.15, 0.2) is 0 Å². The largest absolute Gasteiger partial charge is 0.0683 e. The zero-order valence-electron chi connectivity index (χ0n) is 11.2. The van der Waals surface area contributed by atoms with Crippen LogP contribution in [-0.4, -0.2) is 0 Å². The Kier molecular flexibility index (Phi) is 7.11. The number of hydrogen-bond donors (Lipinski definition) is 0. The van der Waals surface area contributed by atoms with Crippen LogP contribution in [0.2, 0.25) is 0 Å². The minimum atomic E-state index is 0.770. The molecular weight excluding hydrogens is 180 g/mol. The Morgan fingerprint density at radius 3 is 2.00 bits per heavy atom. The molecule has 0 aliphatic heterocycles. The van der Waals surface area contributed by atoms with Gasteiger partial charge in [0.2, 0.25) is 0 Å². The van der Waals surface area contributed by atoms with Crippen molar-refractivity contribution < 1.29 is 0 Å². The molecule has 2 unspecified atom stereocenters. The molecule has 86 valence electrons. The van der Waals surface area contributed by atoms with Crippen LogP contribution in [0.5, 0.6) is 0 Å². The molecule has 2 atom stereocenters. The summed E-state index contributed by atoms with van der Waals surface area (Å²) in [4.78, 5) is 0. The highest BCUT2D eigenvalue weighted by molar-refractivity contribution is 5.35. The van der Waals surface area contributed by atoms with Crippen molar-refractivity contribution >= 4 is 0 Å². The molecule has 1 aromatic carbocycles. The Morgan fingerprint density at radius 2 is 1.47 bits per heavy atom. The van der Waals surface area contributed by atoms with E-state index in [0.29, 0.717) is 0 Å². The average Bonchev–Trinajstić information content (AvgIpc) is 2.61. The molecule has 0 fully saturated rings. The molecule has 0 amide bonds. The molecule has 0 nitrogen and oxygen atoms in total. The van der Waals surface area contributed by atoms with Crippen molar-refractivity contribution in [2.45, 2.75) is 53.9 Å². The van der Waals surface area contributed by atoms with Crippen molar-refractivity contribution in [2.24, 2.45) is 5.92 Å². The van der Waals surface area contributed by atoms with Gasteiger partial charge in [-0.2, -0.15) is 0 Å². The third-order valence-electron chi connectivity index (χ3n) is 2.94. The van der Waals surface area contributed by atoms with E-state index in [9.17, 15) is 0 Å². The Bertz CT molecular complexity index is 262. The van der Waals surface area contributed by atoms with Gasteiger partial charge >= 0.3 is 0 Å². The first-order chi connectivity index (χ1) is 7.29. The zero-order valence-corrected chi connectivity index (χ0v) is 11.2. The summed E-state index contributed by atoms with van der Waals surface area (Å²) in [6, 6.07) is 8.82. The Labute approximate surface area is 95.7 Å². The van der Waals surface area contributed by atoms with Gasteiger partial charge in [-0.25, -0.2) is 0 Å². The van der Waals surface area contributed by atoms with Crippen LogP contribution in [0.1, 0.15) is 58.6 Å². The Hall–Kier alpha value is -0.780. The van der Waals surface area contributed by atoms with Crippen molar-refractivity contribution in [3.05, 3.63) is 35.4 Å². The van der Waals surface area contributed by atoms with Crippen LogP contribution in [0.15, 0.2) is 24.3 Å². The predicted molar refractivity (Wildman–Crippen MR) is 70.4 cm³/mol. The number of benzene rings is 1. The molecule has 0 aromatic heterocycles. The van der Waals surface area contributed by atoms with Crippen LogP contribution in [0.3, 0.4) is 0 Å². The average molecular weight is 206 g/mol. The molecule has 1 aliphatic rings. The van der Waals surface area contributed by atoms with Gasteiger partial charge in [0.05, 0.1) is 0 Å². The molecule has 0 saturated heterocycles. The van der Waals surface area contributed by atoms with E-state index in [-0.39, 0.29) is 0 Å². The third kappa shape index (κ3) is 3.37. The molecule has 0 radical (unpaired) electrons. The van der Waals surface area contributed by atoms with Crippen molar-refractivity contribution in [3.8, 4) is 0 Å². The molecule has 1 aromatic rings. The van der Waals surface area contributed by atoms with E-state index >= 15 is 0 Å². The van der Waals surface area contributed by atoms with Crippen LogP contribution >= 0.6 is 0 Å². The highest BCUT2D eigenvalue weighted by atomic mass is 14.3. The van der Waals surface area contributed by atoms with Crippen LogP contribution in [-0.2, 0) is 6.42 Å².